The number of carbonyl (C=O) groups is 1. The van der Waals surface area contributed by atoms with Crippen LogP contribution in [-0.4, -0.2) is 5.78 Å². The van der Waals surface area contributed by atoms with E-state index in [-0.39, 0.29) is 17.2 Å². The molecular formula is C12H7ClFIOS. The van der Waals surface area contributed by atoms with Crippen LogP contribution in [0, 0.1) is 8.70 Å². The molecule has 0 unspecified atom stereocenters. The Labute approximate surface area is 121 Å². The second kappa shape index (κ2) is 5.46. The maximum atomic E-state index is 13.2. The van der Waals surface area contributed by atoms with Crippen molar-refractivity contribution in [2.24, 2.45) is 0 Å². The third-order valence-electron chi connectivity index (χ3n) is 2.24. The van der Waals surface area contributed by atoms with Crippen molar-refractivity contribution in [1.29, 1.82) is 0 Å². The molecule has 0 fully saturated rings. The largest absolute Gasteiger partial charge is 0.294 e. The Bertz CT molecular complexity index is 567. The Balaban J connectivity index is 2.15. The van der Waals surface area contributed by atoms with Gasteiger partial charge in [-0.15, -0.1) is 11.3 Å². The maximum Gasteiger partial charge on any atom is 0.168 e. The number of benzene rings is 1. The Kier molecular flexibility index (Phi) is 4.17. The van der Waals surface area contributed by atoms with E-state index in [4.69, 9.17) is 11.6 Å². The molecule has 0 spiro atoms. The van der Waals surface area contributed by atoms with E-state index < -0.39 is 5.82 Å². The summed E-state index contributed by atoms with van der Waals surface area (Å²) in [5, 5.41) is 1.89. The van der Waals surface area contributed by atoms with E-state index in [1.165, 1.54) is 23.5 Å². The van der Waals surface area contributed by atoms with Gasteiger partial charge in [0.15, 0.2) is 5.78 Å². The van der Waals surface area contributed by atoms with Gasteiger partial charge in [0.1, 0.15) is 5.82 Å². The molecule has 0 amide bonds. The molecule has 88 valence electrons. The van der Waals surface area contributed by atoms with E-state index in [1.54, 1.807) is 6.07 Å². The molecule has 5 heteroatoms. The first kappa shape index (κ1) is 13.0. The molecule has 0 saturated carbocycles. The highest BCUT2D eigenvalue weighted by Crippen LogP contribution is 2.20. The molecule has 0 radical (unpaired) electrons. The fraction of sp³-hybridized carbons (Fsp3) is 0.0833. The molecular weight excluding hydrogens is 374 g/mol. The number of hydrogen-bond acceptors (Lipinski definition) is 2. The molecule has 17 heavy (non-hydrogen) atoms. The summed E-state index contributed by atoms with van der Waals surface area (Å²) in [5.41, 5.74) is 1.31. The highest BCUT2D eigenvalue weighted by atomic mass is 127. The molecule has 0 aliphatic rings. The Morgan fingerprint density at radius 2 is 2.18 bits per heavy atom. The van der Waals surface area contributed by atoms with Crippen LogP contribution >= 0.6 is 45.5 Å². The molecule has 2 aromatic rings. The summed E-state index contributed by atoms with van der Waals surface area (Å²) in [7, 11) is 0. The van der Waals surface area contributed by atoms with Crippen LogP contribution in [0.25, 0.3) is 0 Å². The molecule has 1 heterocycles. The maximum absolute atomic E-state index is 13.2. The van der Waals surface area contributed by atoms with Crippen LogP contribution in [0.5, 0.6) is 0 Å². The van der Waals surface area contributed by atoms with Gasteiger partial charge in [0, 0.05) is 17.4 Å². The van der Waals surface area contributed by atoms with Crippen LogP contribution in [0.15, 0.2) is 29.6 Å². The monoisotopic (exact) mass is 380 g/mol. The molecule has 0 N–H and O–H groups in total. The van der Waals surface area contributed by atoms with E-state index in [2.05, 4.69) is 22.6 Å². The fourth-order valence-corrected chi connectivity index (χ4v) is 2.86. The fourth-order valence-electron chi connectivity index (χ4n) is 1.39. The van der Waals surface area contributed by atoms with Crippen LogP contribution < -0.4 is 0 Å². The van der Waals surface area contributed by atoms with Gasteiger partial charge in [-0.25, -0.2) is 4.39 Å². The van der Waals surface area contributed by atoms with Gasteiger partial charge in [-0.2, -0.15) is 0 Å². The van der Waals surface area contributed by atoms with Crippen molar-refractivity contribution < 1.29 is 9.18 Å². The van der Waals surface area contributed by atoms with E-state index in [0.717, 1.165) is 2.88 Å². The zero-order chi connectivity index (χ0) is 12.4. The summed E-state index contributed by atoms with van der Waals surface area (Å²) in [6, 6.07) is 6.27. The first-order valence-electron chi connectivity index (χ1n) is 4.77. The quantitative estimate of drug-likeness (QED) is 0.563. The molecule has 0 atom stereocenters. The molecule has 1 aromatic carbocycles. The lowest BCUT2D eigenvalue weighted by atomic mass is 10.1. The number of ketones is 1. The van der Waals surface area contributed by atoms with Crippen molar-refractivity contribution >= 4 is 51.3 Å². The number of carbonyl (C=O) groups excluding carboxylic acids is 1. The number of halogens is 3. The average molecular weight is 381 g/mol. The lowest BCUT2D eigenvalue weighted by Gasteiger charge is -2.01. The summed E-state index contributed by atoms with van der Waals surface area (Å²) < 4.78 is 14.3. The lowest BCUT2D eigenvalue weighted by molar-refractivity contribution is 0.0993. The Morgan fingerprint density at radius 3 is 2.76 bits per heavy atom. The zero-order valence-electron chi connectivity index (χ0n) is 8.54. The van der Waals surface area contributed by atoms with Crippen LogP contribution in [0.4, 0.5) is 4.39 Å². The van der Waals surface area contributed by atoms with E-state index in [9.17, 15) is 9.18 Å². The Morgan fingerprint density at radius 1 is 1.41 bits per heavy atom. The van der Waals surface area contributed by atoms with E-state index in [1.807, 2.05) is 11.4 Å². The van der Waals surface area contributed by atoms with Gasteiger partial charge in [0.2, 0.25) is 0 Å². The van der Waals surface area contributed by atoms with Crippen molar-refractivity contribution in [1.82, 2.24) is 0 Å². The number of thiophene rings is 1. The Hall–Kier alpha value is -0.460. The predicted octanol–water partition coefficient (Wildman–Crippen LogP) is 4.57. The third kappa shape index (κ3) is 3.26. The van der Waals surface area contributed by atoms with Gasteiger partial charge in [-0.1, -0.05) is 17.7 Å². The predicted molar refractivity (Wildman–Crippen MR) is 76.5 cm³/mol. The molecule has 2 rings (SSSR count). The second-order valence-corrected chi connectivity index (χ2v) is 6.70. The third-order valence-corrected chi connectivity index (χ3v) is 4.33. The number of rotatable bonds is 3. The van der Waals surface area contributed by atoms with Gasteiger partial charge < -0.3 is 0 Å². The molecule has 1 nitrogen and oxygen atoms in total. The van der Waals surface area contributed by atoms with E-state index in [0.29, 0.717) is 11.1 Å². The summed E-state index contributed by atoms with van der Waals surface area (Å²) in [5.74, 6) is -0.497. The van der Waals surface area contributed by atoms with Crippen LogP contribution in [0.1, 0.15) is 15.9 Å². The summed E-state index contributed by atoms with van der Waals surface area (Å²) >= 11 is 9.26. The normalized spacial score (nSPS) is 10.5. The molecule has 1 aromatic heterocycles. The van der Waals surface area contributed by atoms with Crippen molar-refractivity contribution in [2.75, 3.05) is 0 Å². The molecule has 0 aliphatic carbocycles. The van der Waals surface area contributed by atoms with Crippen molar-refractivity contribution in [3.05, 3.63) is 54.5 Å². The minimum absolute atomic E-state index is 0.00844. The number of hydrogen-bond donors (Lipinski definition) is 0. The van der Waals surface area contributed by atoms with E-state index >= 15 is 0 Å². The van der Waals surface area contributed by atoms with Gasteiger partial charge in [-0.05, 0) is 46.4 Å². The smallest absolute Gasteiger partial charge is 0.168 e. The highest BCUT2D eigenvalue weighted by Gasteiger charge is 2.10. The first-order chi connectivity index (χ1) is 8.06. The second-order valence-electron chi connectivity index (χ2n) is 3.49. The molecule has 0 saturated heterocycles. The van der Waals surface area contributed by atoms with Crippen LogP contribution in [-0.2, 0) is 6.42 Å². The van der Waals surface area contributed by atoms with Crippen molar-refractivity contribution in [3.63, 3.8) is 0 Å². The van der Waals surface area contributed by atoms with Crippen molar-refractivity contribution in [3.8, 4) is 0 Å². The van der Waals surface area contributed by atoms with Gasteiger partial charge in [0.05, 0.1) is 7.91 Å². The number of Topliss-reactive ketones (excluding diaryl/α,β-unsaturated/α-hetero) is 1. The van der Waals surface area contributed by atoms with Crippen molar-refractivity contribution in [2.45, 2.75) is 6.42 Å². The van der Waals surface area contributed by atoms with Crippen LogP contribution in [0.2, 0.25) is 5.02 Å². The topological polar surface area (TPSA) is 17.1 Å². The van der Waals surface area contributed by atoms with Crippen LogP contribution in [0.3, 0.4) is 0 Å². The molecule has 0 bridgehead atoms. The van der Waals surface area contributed by atoms with Gasteiger partial charge in [0.25, 0.3) is 0 Å². The highest BCUT2D eigenvalue weighted by molar-refractivity contribution is 14.1. The SMILES string of the molecule is O=C(Cc1ccc(Cl)c(F)c1)c1csc(I)c1. The average Bonchev–Trinajstić information content (AvgIpc) is 2.70. The summed E-state index contributed by atoms with van der Waals surface area (Å²) in [6.45, 7) is 0. The zero-order valence-corrected chi connectivity index (χ0v) is 12.3. The summed E-state index contributed by atoms with van der Waals surface area (Å²) in [6.07, 6.45) is 0.195. The minimum Gasteiger partial charge on any atom is -0.294 e. The molecule has 0 aliphatic heterocycles. The first-order valence-corrected chi connectivity index (χ1v) is 7.11. The van der Waals surface area contributed by atoms with Gasteiger partial charge in [-0.3, -0.25) is 4.79 Å². The summed E-state index contributed by atoms with van der Waals surface area (Å²) in [4.78, 5) is 11.9. The standard InChI is InChI=1S/C12H7ClFIOS/c13-9-2-1-7(3-10(9)14)4-11(16)8-5-12(15)17-6-8/h1-3,5-6H,4H2. The lowest BCUT2D eigenvalue weighted by Crippen LogP contribution is -2.02. The van der Waals surface area contributed by atoms with Gasteiger partial charge >= 0.3 is 0 Å². The minimum atomic E-state index is -0.489.